The Morgan fingerprint density at radius 2 is 2.03 bits per heavy atom. The number of benzene rings is 1. The number of aromatic nitrogens is 3. The van der Waals surface area contributed by atoms with E-state index >= 15 is 0 Å². The van der Waals surface area contributed by atoms with Gasteiger partial charge in [0.05, 0.1) is 23.4 Å². The molecule has 5 rings (SSSR count). The van der Waals surface area contributed by atoms with Gasteiger partial charge in [0.15, 0.2) is 0 Å². The standard InChI is InChI=1S/C28H31ClN4O4S/c1-17-12-19(29)13-22(26(17)37-24-5-9-32(10-11-34)15-18(24)2)21-4-7-30-23-14-20(38-27(21)23)16-33-25(35)6-8-31(3)28(33)36/h4,6-8,12-14,18,24,34H,5,9-11,15-16H2,1-3H3/t18-,24+/m0/s1. The average molecular weight is 555 g/mol. The van der Waals surface area contributed by atoms with Crippen LogP contribution in [0.1, 0.15) is 23.8 Å². The molecule has 0 unspecified atom stereocenters. The fourth-order valence-corrected chi connectivity index (χ4v) is 6.56. The van der Waals surface area contributed by atoms with Crippen molar-refractivity contribution in [3.05, 3.63) is 79.0 Å². The van der Waals surface area contributed by atoms with Crippen molar-refractivity contribution in [3.8, 4) is 16.9 Å². The highest BCUT2D eigenvalue weighted by Gasteiger charge is 2.29. The molecule has 1 aromatic carbocycles. The minimum Gasteiger partial charge on any atom is -0.489 e. The van der Waals surface area contributed by atoms with E-state index in [9.17, 15) is 14.7 Å². The van der Waals surface area contributed by atoms with Gasteiger partial charge in [-0.3, -0.25) is 14.3 Å². The highest BCUT2D eigenvalue weighted by Crippen LogP contribution is 2.42. The van der Waals surface area contributed by atoms with E-state index in [4.69, 9.17) is 16.3 Å². The van der Waals surface area contributed by atoms with Crippen molar-refractivity contribution < 1.29 is 9.84 Å². The maximum atomic E-state index is 12.6. The summed E-state index contributed by atoms with van der Waals surface area (Å²) < 4.78 is 10.3. The van der Waals surface area contributed by atoms with Gasteiger partial charge in [-0.2, -0.15) is 0 Å². The van der Waals surface area contributed by atoms with Crippen molar-refractivity contribution >= 4 is 33.2 Å². The first-order valence-corrected chi connectivity index (χ1v) is 13.9. The molecule has 0 spiro atoms. The lowest BCUT2D eigenvalue weighted by atomic mass is 9.95. The number of aliphatic hydroxyl groups is 1. The molecule has 1 fully saturated rings. The Morgan fingerprint density at radius 1 is 1.21 bits per heavy atom. The van der Waals surface area contributed by atoms with Crippen molar-refractivity contribution in [1.82, 2.24) is 19.0 Å². The zero-order valence-corrected chi connectivity index (χ0v) is 23.3. The zero-order chi connectivity index (χ0) is 27.0. The lowest BCUT2D eigenvalue weighted by Gasteiger charge is -2.37. The van der Waals surface area contributed by atoms with Crippen LogP contribution in [0.2, 0.25) is 5.02 Å². The van der Waals surface area contributed by atoms with Crippen LogP contribution in [0.3, 0.4) is 0 Å². The maximum Gasteiger partial charge on any atom is 0.331 e. The number of likely N-dealkylation sites (tertiary alicyclic amines) is 1. The third-order valence-electron chi connectivity index (χ3n) is 7.14. The van der Waals surface area contributed by atoms with Gasteiger partial charge in [-0.05, 0) is 43.2 Å². The second kappa shape index (κ2) is 11.0. The number of pyridine rings is 1. The number of aliphatic hydroxyl groups excluding tert-OH is 1. The van der Waals surface area contributed by atoms with Crippen LogP contribution in [0, 0.1) is 12.8 Å². The molecule has 1 saturated heterocycles. The number of hydrogen-bond donors (Lipinski definition) is 1. The highest BCUT2D eigenvalue weighted by molar-refractivity contribution is 7.19. The van der Waals surface area contributed by atoms with E-state index in [1.807, 2.05) is 31.2 Å². The first kappa shape index (κ1) is 26.6. The second-order valence-corrected chi connectivity index (χ2v) is 11.5. The summed E-state index contributed by atoms with van der Waals surface area (Å²) in [7, 11) is 1.63. The Kier molecular flexibility index (Phi) is 7.72. The molecule has 4 heterocycles. The largest absolute Gasteiger partial charge is 0.489 e. The third-order valence-corrected chi connectivity index (χ3v) is 8.50. The van der Waals surface area contributed by atoms with Crippen LogP contribution in [0.15, 0.2) is 52.3 Å². The number of thiophene rings is 1. The Balaban J connectivity index is 1.53. The summed E-state index contributed by atoms with van der Waals surface area (Å²) in [6.45, 7) is 6.96. The number of rotatable bonds is 7. The molecule has 0 amide bonds. The molecule has 8 nitrogen and oxygen atoms in total. The molecule has 1 N–H and O–H groups in total. The lowest BCUT2D eigenvalue weighted by molar-refractivity contribution is 0.0449. The van der Waals surface area contributed by atoms with Gasteiger partial charge in [0.25, 0.3) is 5.56 Å². The molecule has 2 atom stereocenters. The summed E-state index contributed by atoms with van der Waals surface area (Å²) in [5, 5.41) is 9.94. The molecule has 1 aliphatic rings. The molecule has 1 aliphatic heterocycles. The first-order chi connectivity index (χ1) is 18.2. The van der Waals surface area contributed by atoms with Crippen LogP contribution in [-0.4, -0.2) is 56.5 Å². The number of halogens is 1. The van der Waals surface area contributed by atoms with Crippen LogP contribution in [0.5, 0.6) is 5.75 Å². The Morgan fingerprint density at radius 3 is 2.79 bits per heavy atom. The van der Waals surface area contributed by atoms with E-state index in [0.717, 1.165) is 57.0 Å². The quantitative estimate of drug-likeness (QED) is 0.372. The van der Waals surface area contributed by atoms with Crippen molar-refractivity contribution in [3.63, 3.8) is 0 Å². The Bertz CT molecular complexity index is 1590. The van der Waals surface area contributed by atoms with Gasteiger partial charge < -0.3 is 19.3 Å². The summed E-state index contributed by atoms with van der Waals surface area (Å²) in [6.07, 6.45) is 4.16. The molecule has 3 aromatic heterocycles. The topological polar surface area (TPSA) is 89.6 Å². The molecule has 4 aromatic rings. The number of piperidine rings is 1. The predicted molar refractivity (Wildman–Crippen MR) is 152 cm³/mol. The molecule has 0 bridgehead atoms. The van der Waals surface area contributed by atoms with Gasteiger partial charge in [0, 0.05) is 72.1 Å². The van der Waals surface area contributed by atoms with E-state index in [-0.39, 0.29) is 30.5 Å². The molecule has 200 valence electrons. The molecule has 0 radical (unpaired) electrons. The van der Waals surface area contributed by atoms with Gasteiger partial charge in [-0.15, -0.1) is 11.3 Å². The zero-order valence-electron chi connectivity index (χ0n) is 21.7. The fourth-order valence-electron chi connectivity index (χ4n) is 5.16. The van der Waals surface area contributed by atoms with Crippen molar-refractivity contribution in [1.29, 1.82) is 0 Å². The minimum atomic E-state index is -0.358. The lowest BCUT2D eigenvalue weighted by Crippen LogP contribution is -2.45. The van der Waals surface area contributed by atoms with Crippen molar-refractivity contribution in [2.45, 2.75) is 32.9 Å². The summed E-state index contributed by atoms with van der Waals surface area (Å²) >= 11 is 8.05. The van der Waals surface area contributed by atoms with E-state index < -0.39 is 0 Å². The van der Waals surface area contributed by atoms with Crippen LogP contribution >= 0.6 is 22.9 Å². The minimum absolute atomic E-state index is 0.0426. The predicted octanol–water partition coefficient (Wildman–Crippen LogP) is 3.92. The first-order valence-electron chi connectivity index (χ1n) is 12.7. The van der Waals surface area contributed by atoms with Crippen LogP contribution < -0.4 is 16.0 Å². The maximum absolute atomic E-state index is 12.6. The molecule has 10 heteroatoms. The van der Waals surface area contributed by atoms with Gasteiger partial charge in [0.2, 0.25) is 0 Å². The SMILES string of the molecule is Cc1cc(Cl)cc(-c2ccnc3cc(Cn4c(=O)ccn(C)c4=O)sc23)c1O[C@@H]1CCN(CCO)C[C@@H]1C. The molecule has 0 saturated carbocycles. The molecule has 0 aliphatic carbocycles. The number of hydrogen-bond acceptors (Lipinski definition) is 7. The number of nitrogens with zero attached hydrogens (tertiary/aromatic N) is 4. The van der Waals surface area contributed by atoms with Gasteiger partial charge in [-0.25, -0.2) is 4.79 Å². The number of fused-ring (bicyclic) bond motifs is 1. The van der Waals surface area contributed by atoms with Crippen LogP contribution in [0.4, 0.5) is 0 Å². The van der Waals surface area contributed by atoms with E-state index in [0.29, 0.717) is 17.5 Å². The van der Waals surface area contributed by atoms with E-state index in [1.54, 1.807) is 13.2 Å². The Labute approximate surface area is 229 Å². The van der Waals surface area contributed by atoms with Gasteiger partial charge in [0.1, 0.15) is 11.9 Å². The smallest absolute Gasteiger partial charge is 0.331 e. The summed E-state index contributed by atoms with van der Waals surface area (Å²) in [5.41, 5.74) is 2.90. The molecular formula is C28H31ClN4O4S. The summed E-state index contributed by atoms with van der Waals surface area (Å²) in [5.74, 6) is 1.10. The van der Waals surface area contributed by atoms with Crippen LogP contribution in [-0.2, 0) is 13.6 Å². The van der Waals surface area contributed by atoms with Crippen molar-refractivity contribution in [2.75, 3.05) is 26.2 Å². The molecular weight excluding hydrogens is 524 g/mol. The van der Waals surface area contributed by atoms with Crippen molar-refractivity contribution in [2.24, 2.45) is 13.0 Å². The normalized spacial score (nSPS) is 18.2. The molecule has 38 heavy (non-hydrogen) atoms. The monoisotopic (exact) mass is 554 g/mol. The van der Waals surface area contributed by atoms with Crippen LogP contribution in [0.25, 0.3) is 21.3 Å². The average Bonchev–Trinajstić information content (AvgIpc) is 3.30. The number of aryl methyl sites for hydroxylation is 2. The number of ether oxygens (including phenoxy) is 1. The van der Waals surface area contributed by atoms with Gasteiger partial charge in [-0.1, -0.05) is 18.5 Å². The fraction of sp³-hybridized carbons (Fsp3) is 0.393. The van der Waals surface area contributed by atoms with E-state index in [2.05, 4.69) is 16.8 Å². The summed E-state index contributed by atoms with van der Waals surface area (Å²) in [4.78, 5) is 32.6. The highest BCUT2D eigenvalue weighted by atomic mass is 35.5. The second-order valence-electron chi connectivity index (χ2n) is 9.97. The Hall–Kier alpha value is -2.98. The van der Waals surface area contributed by atoms with E-state index in [1.165, 1.54) is 32.7 Å². The summed E-state index contributed by atoms with van der Waals surface area (Å²) in [6, 6.07) is 9.13. The number of β-amino-alcohol motifs (C(OH)–C–C–N with tert-alkyl or cyclic N) is 1. The van der Waals surface area contributed by atoms with Gasteiger partial charge >= 0.3 is 5.69 Å². The third kappa shape index (κ3) is 5.29.